The maximum atomic E-state index is 14.2. The van der Waals surface area contributed by atoms with Gasteiger partial charge in [-0.3, -0.25) is 19.1 Å². The van der Waals surface area contributed by atoms with Crippen LogP contribution in [0.4, 0.5) is 9.59 Å². The third-order valence-electron chi connectivity index (χ3n) is 9.85. The molecule has 0 radical (unpaired) electrons. The number of rotatable bonds is 4. The fourth-order valence-corrected chi connectivity index (χ4v) is 8.16. The molecule has 3 aliphatic heterocycles. The number of carbonyl (C=O) groups is 4. The summed E-state index contributed by atoms with van der Waals surface area (Å²) in [5.41, 5.74) is 2.51. The monoisotopic (exact) mass is 674 g/mol. The second-order valence-corrected chi connectivity index (χ2v) is 16.4. The van der Waals surface area contributed by atoms with E-state index < -0.39 is 66.4 Å². The molecule has 6 atom stereocenters. The van der Waals surface area contributed by atoms with Gasteiger partial charge in [-0.2, -0.15) is 0 Å². The minimum Gasteiger partial charge on any atom is -0.449 e. The summed E-state index contributed by atoms with van der Waals surface area (Å²) in [4.78, 5) is 77.5. The van der Waals surface area contributed by atoms with Gasteiger partial charge in [0.05, 0.1) is 13.2 Å². The van der Waals surface area contributed by atoms with Crippen molar-refractivity contribution in [3.63, 3.8) is 0 Å². The molecule has 0 unspecified atom stereocenters. The first-order valence-corrected chi connectivity index (χ1v) is 17.9. The third-order valence-corrected chi connectivity index (χ3v) is 11.5. The lowest BCUT2D eigenvalue weighted by Gasteiger charge is -2.35. The molecule has 0 aromatic heterocycles. The SMILES string of the molecule is C=C[C@H]1C[C@@]1(NC(=O)[C@@H]1C[C@@H]2CN1C(=O)[C@H](C(C)(C)C)NC(=O)OC[C@@H](C)CCCCc1cccc3c1CN(C3)C(=O)O2)P(=O)(O)O. The summed E-state index contributed by atoms with van der Waals surface area (Å²) in [5, 5.41) is 3.39. The van der Waals surface area contributed by atoms with Gasteiger partial charge in [-0.25, -0.2) is 9.59 Å². The van der Waals surface area contributed by atoms with Crippen molar-refractivity contribution in [1.82, 2.24) is 20.4 Å². The lowest BCUT2D eigenvalue weighted by atomic mass is 9.85. The highest BCUT2D eigenvalue weighted by Crippen LogP contribution is 2.67. The van der Waals surface area contributed by atoms with Crippen LogP contribution in [0.25, 0.3) is 0 Å². The van der Waals surface area contributed by atoms with E-state index in [9.17, 15) is 33.5 Å². The number of benzene rings is 1. The van der Waals surface area contributed by atoms with Gasteiger partial charge in [-0.15, -0.1) is 6.58 Å². The van der Waals surface area contributed by atoms with Crippen LogP contribution >= 0.6 is 7.60 Å². The van der Waals surface area contributed by atoms with Crippen molar-refractivity contribution >= 4 is 31.6 Å². The van der Waals surface area contributed by atoms with Gasteiger partial charge < -0.3 is 34.8 Å². The van der Waals surface area contributed by atoms with Crippen LogP contribution in [0.3, 0.4) is 0 Å². The van der Waals surface area contributed by atoms with Crippen molar-refractivity contribution in [2.24, 2.45) is 17.3 Å². The number of hydrogen-bond donors (Lipinski definition) is 4. The highest BCUT2D eigenvalue weighted by molar-refractivity contribution is 7.54. The Morgan fingerprint density at radius 2 is 1.89 bits per heavy atom. The van der Waals surface area contributed by atoms with Crippen LogP contribution in [-0.2, 0) is 43.1 Å². The van der Waals surface area contributed by atoms with Gasteiger partial charge in [-0.1, -0.05) is 58.4 Å². The maximum absolute atomic E-state index is 14.2. The molecule has 5 rings (SSSR count). The number of hydrogen-bond acceptors (Lipinski definition) is 7. The van der Waals surface area contributed by atoms with Crippen LogP contribution < -0.4 is 10.6 Å². The van der Waals surface area contributed by atoms with Crippen LogP contribution in [0.5, 0.6) is 0 Å². The quantitative estimate of drug-likeness (QED) is 0.274. The van der Waals surface area contributed by atoms with Crippen LogP contribution in [0, 0.1) is 17.3 Å². The molecule has 1 aliphatic carbocycles. The minimum absolute atomic E-state index is 0.000455. The van der Waals surface area contributed by atoms with Crippen molar-refractivity contribution in [3.05, 3.63) is 47.5 Å². The summed E-state index contributed by atoms with van der Waals surface area (Å²) >= 11 is 0. The molecular formula is C33H47N4O9P. The Labute approximate surface area is 275 Å². The predicted molar refractivity (Wildman–Crippen MR) is 172 cm³/mol. The molecule has 1 saturated heterocycles. The van der Waals surface area contributed by atoms with Gasteiger partial charge in [0.25, 0.3) is 0 Å². The molecule has 258 valence electrons. The Kier molecular flexibility index (Phi) is 9.84. The Morgan fingerprint density at radius 3 is 2.55 bits per heavy atom. The fraction of sp³-hybridized carbons (Fsp3) is 0.636. The minimum atomic E-state index is -4.81. The summed E-state index contributed by atoms with van der Waals surface area (Å²) < 4.78 is 23.9. The molecule has 1 aromatic rings. The van der Waals surface area contributed by atoms with E-state index in [1.165, 1.54) is 16.5 Å². The topological polar surface area (TPSA) is 175 Å². The Balaban J connectivity index is 1.44. The average molecular weight is 675 g/mol. The van der Waals surface area contributed by atoms with Crippen LogP contribution in [0.15, 0.2) is 30.9 Å². The van der Waals surface area contributed by atoms with E-state index in [2.05, 4.69) is 23.3 Å². The second kappa shape index (κ2) is 13.2. The second-order valence-electron chi connectivity index (χ2n) is 14.6. The number of nitrogens with one attached hydrogen (secondary N) is 2. The smallest absolute Gasteiger partial charge is 0.410 e. The van der Waals surface area contributed by atoms with Gasteiger partial charge in [0.1, 0.15) is 23.5 Å². The van der Waals surface area contributed by atoms with Crippen LogP contribution in [0.2, 0.25) is 0 Å². The van der Waals surface area contributed by atoms with E-state index in [1.54, 1.807) is 25.7 Å². The standard InChI is InChI=1S/C33H47N4O9P/c1-6-23-15-33(23,47(42,43)44)35-28(38)26-14-24-17-37(26)29(39)27(32(3,4)5)34-30(40)45-19-20(2)10-7-8-11-21-12-9-13-22-16-36(18-25(21)22)31(41)46-24/h6,9,12-13,20,23-24,26-27H,1,7-8,10-11,14-19H2,2-5H3,(H,34,40)(H,35,38)(H2,42,43,44)/t20-,23-,24+,26-,27+,33+/m0/s1. The van der Waals surface area contributed by atoms with Crippen molar-refractivity contribution < 1.29 is 43.0 Å². The molecule has 47 heavy (non-hydrogen) atoms. The predicted octanol–water partition coefficient (Wildman–Crippen LogP) is 3.81. The molecule has 4 N–H and O–H groups in total. The molecule has 1 aromatic carbocycles. The zero-order valence-electron chi connectivity index (χ0n) is 27.6. The van der Waals surface area contributed by atoms with E-state index in [4.69, 9.17) is 9.47 Å². The Morgan fingerprint density at radius 1 is 1.17 bits per heavy atom. The summed E-state index contributed by atoms with van der Waals surface area (Å²) in [5.74, 6) is -1.94. The van der Waals surface area contributed by atoms with Crippen LogP contribution in [-0.4, -0.2) is 80.2 Å². The summed E-state index contributed by atoms with van der Waals surface area (Å²) in [6.45, 7) is 11.7. The number of cyclic esters (lactones) is 1. The van der Waals surface area contributed by atoms with Gasteiger partial charge in [0.2, 0.25) is 11.8 Å². The zero-order valence-corrected chi connectivity index (χ0v) is 28.5. The van der Waals surface area contributed by atoms with Crippen molar-refractivity contribution in [2.45, 2.75) is 103 Å². The normalized spacial score (nSPS) is 30.6. The molecule has 4 amide bonds. The number of nitrogens with zero attached hydrogens (tertiary/aromatic N) is 2. The number of aryl methyl sites for hydroxylation is 1. The third kappa shape index (κ3) is 7.37. The first-order valence-electron chi connectivity index (χ1n) is 16.3. The van der Waals surface area contributed by atoms with E-state index in [-0.39, 0.29) is 31.9 Å². The molecule has 4 aliphatic rings. The molecule has 14 heteroatoms. The van der Waals surface area contributed by atoms with Crippen molar-refractivity contribution in [3.8, 4) is 0 Å². The molecule has 1 saturated carbocycles. The van der Waals surface area contributed by atoms with Gasteiger partial charge in [0.15, 0.2) is 0 Å². The van der Waals surface area contributed by atoms with Gasteiger partial charge in [-0.05, 0) is 53.7 Å². The Hall–Kier alpha value is -3.41. The van der Waals surface area contributed by atoms with Crippen molar-refractivity contribution in [2.75, 3.05) is 13.2 Å². The first-order chi connectivity index (χ1) is 22.0. The molecule has 3 heterocycles. The van der Waals surface area contributed by atoms with E-state index in [1.807, 2.05) is 19.1 Å². The number of amides is 4. The maximum Gasteiger partial charge on any atom is 0.410 e. The van der Waals surface area contributed by atoms with Gasteiger partial charge >= 0.3 is 19.8 Å². The Bertz CT molecular complexity index is 1470. The van der Waals surface area contributed by atoms with Crippen LogP contribution in [0.1, 0.15) is 76.5 Å². The van der Waals surface area contributed by atoms with Crippen molar-refractivity contribution in [1.29, 1.82) is 0 Å². The number of carbonyl (C=O) groups excluding carboxylic acids is 4. The largest absolute Gasteiger partial charge is 0.449 e. The highest BCUT2D eigenvalue weighted by Gasteiger charge is 2.66. The van der Waals surface area contributed by atoms with E-state index in [0.717, 1.165) is 36.8 Å². The summed E-state index contributed by atoms with van der Waals surface area (Å²) in [7, 11) is -4.81. The fourth-order valence-electron chi connectivity index (χ4n) is 6.93. The summed E-state index contributed by atoms with van der Waals surface area (Å²) in [6, 6.07) is 3.72. The van der Waals surface area contributed by atoms with E-state index in [0.29, 0.717) is 13.1 Å². The zero-order chi connectivity index (χ0) is 34.3. The van der Waals surface area contributed by atoms with Gasteiger partial charge in [0, 0.05) is 25.4 Å². The molecular weight excluding hydrogens is 627 g/mol. The van der Waals surface area contributed by atoms with E-state index >= 15 is 0 Å². The molecule has 4 bridgehead atoms. The summed E-state index contributed by atoms with van der Waals surface area (Å²) in [6.07, 6.45) is 2.63. The number of ether oxygens (including phenoxy) is 2. The molecule has 0 spiro atoms. The highest BCUT2D eigenvalue weighted by atomic mass is 31.2. The average Bonchev–Trinajstić information content (AvgIpc) is 3.31. The first kappa shape index (κ1) is 34.9. The lowest BCUT2D eigenvalue weighted by molar-refractivity contribution is -0.142. The lowest BCUT2D eigenvalue weighted by Crippen LogP contribution is -2.58. The number of fused-ring (bicyclic) bond motifs is 3. The number of alkyl carbamates (subject to hydrolysis) is 1. The molecule has 2 fully saturated rings. The molecule has 13 nitrogen and oxygen atoms in total.